The summed E-state index contributed by atoms with van der Waals surface area (Å²) in [6.07, 6.45) is 2.82. The van der Waals surface area contributed by atoms with E-state index in [4.69, 9.17) is 0 Å². The molecular formula is C19H19F4NO. The van der Waals surface area contributed by atoms with Crippen LogP contribution in [0.25, 0.3) is 0 Å². The number of fused-ring (bicyclic) bond motifs is 2. The molecule has 0 aliphatic heterocycles. The highest BCUT2D eigenvalue weighted by atomic mass is 19.4. The molecule has 1 N–H and O–H groups in total. The zero-order chi connectivity index (χ0) is 17.8. The summed E-state index contributed by atoms with van der Waals surface area (Å²) in [6, 6.07) is 2.59. The molecule has 3 aliphatic rings. The molecule has 0 heterocycles. The number of amides is 1. The minimum Gasteiger partial charge on any atom is -0.326 e. The topological polar surface area (TPSA) is 29.1 Å². The van der Waals surface area contributed by atoms with Gasteiger partial charge in [-0.1, -0.05) is 11.6 Å². The number of hydrogen-bond acceptors (Lipinski definition) is 1. The molecule has 3 atom stereocenters. The summed E-state index contributed by atoms with van der Waals surface area (Å²) in [4.78, 5) is 12.6. The van der Waals surface area contributed by atoms with Crippen molar-refractivity contribution < 1.29 is 22.4 Å². The van der Waals surface area contributed by atoms with Crippen molar-refractivity contribution in [3.05, 3.63) is 41.2 Å². The zero-order valence-electron chi connectivity index (χ0n) is 13.6. The first-order valence-electron chi connectivity index (χ1n) is 8.72. The second kappa shape index (κ2) is 5.85. The van der Waals surface area contributed by atoms with E-state index in [1.807, 2.05) is 0 Å². The molecule has 1 amide bonds. The van der Waals surface area contributed by atoms with Crippen molar-refractivity contribution in [1.82, 2.24) is 0 Å². The van der Waals surface area contributed by atoms with Gasteiger partial charge in [0.2, 0.25) is 5.91 Å². The Morgan fingerprint density at radius 1 is 1.16 bits per heavy atom. The number of benzene rings is 1. The normalized spacial score (nSPS) is 30.1. The molecule has 0 aromatic heterocycles. The fourth-order valence-electron chi connectivity index (χ4n) is 4.31. The van der Waals surface area contributed by atoms with Crippen molar-refractivity contribution in [2.24, 2.45) is 23.7 Å². The van der Waals surface area contributed by atoms with Gasteiger partial charge in [-0.05, 0) is 68.1 Å². The van der Waals surface area contributed by atoms with E-state index in [1.54, 1.807) is 0 Å². The van der Waals surface area contributed by atoms with Crippen LogP contribution in [0.5, 0.6) is 0 Å². The minimum atomic E-state index is -4.78. The molecule has 3 aliphatic carbocycles. The highest BCUT2D eigenvalue weighted by molar-refractivity contribution is 5.93. The summed E-state index contributed by atoms with van der Waals surface area (Å²) < 4.78 is 51.8. The maximum absolute atomic E-state index is 13.4. The maximum atomic E-state index is 13.4. The summed E-state index contributed by atoms with van der Waals surface area (Å²) in [5.74, 6) is -0.461. The molecule has 0 spiro atoms. The van der Waals surface area contributed by atoms with E-state index in [2.05, 4.69) is 11.4 Å². The number of carbonyl (C=O) groups excluding carboxylic acids is 1. The number of allylic oxidation sites excluding steroid dienone is 2. The largest absolute Gasteiger partial charge is 0.419 e. The fourth-order valence-corrected chi connectivity index (χ4v) is 4.31. The molecule has 25 heavy (non-hydrogen) atoms. The number of halogens is 4. The summed E-state index contributed by atoms with van der Waals surface area (Å²) >= 11 is 0. The van der Waals surface area contributed by atoms with Crippen LogP contribution in [0.3, 0.4) is 0 Å². The van der Waals surface area contributed by atoms with E-state index >= 15 is 0 Å². The van der Waals surface area contributed by atoms with E-state index in [9.17, 15) is 22.4 Å². The van der Waals surface area contributed by atoms with E-state index in [-0.39, 0.29) is 23.4 Å². The highest BCUT2D eigenvalue weighted by Gasteiger charge is 2.47. The van der Waals surface area contributed by atoms with E-state index < -0.39 is 17.6 Å². The Morgan fingerprint density at radius 3 is 2.60 bits per heavy atom. The molecular weight excluding hydrogens is 334 g/mol. The molecule has 0 radical (unpaired) electrons. The third kappa shape index (κ3) is 3.18. The summed E-state index contributed by atoms with van der Waals surface area (Å²) in [5.41, 5.74) is 0.0273. The van der Waals surface area contributed by atoms with Gasteiger partial charge in [0, 0.05) is 11.6 Å². The number of alkyl halides is 3. The van der Waals surface area contributed by atoms with Gasteiger partial charge >= 0.3 is 6.18 Å². The first kappa shape index (κ1) is 16.6. The van der Waals surface area contributed by atoms with Gasteiger partial charge in [-0.2, -0.15) is 13.2 Å². The summed E-state index contributed by atoms with van der Waals surface area (Å²) in [6.45, 7) is 0. The second-order valence-electron chi connectivity index (χ2n) is 7.41. The Labute approximate surface area is 143 Å². The van der Waals surface area contributed by atoms with Crippen molar-refractivity contribution in [1.29, 1.82) is 0 Å². The standard InChI is InChI=1S/C19H19F4NO/c20-17-6-4-12(9-16(17)19(21,22)23)24-18(25)15-8-11-3-5-13(15)14(11)7-10-1-2-10/h4,6-7,9-11,13,15H,1-3,5,8H2,(H,24,25). The van der Waals surface area contributed by atoms with Gasteiger partial charge in [0.05, 0.1) is 5.56 Å². The van der Waals surface area contributed by atoms with Gasteiger partial charge < -0.3 is 5.32 Å². The molecule has 3 unspecified atom stereocenters. The van der Waals surface area contributed by atoms with Gasteiger partial charge in [0.1, 0.15) is 5.82 Å². The van der Waals surface area contributed by atoms with Crippen molar-refractivity contribution in [3.8, 4) is 0 Å². The minimum absolute atomic E-state index is 0.00535. The van der Waals surface area contributed by atoms with E-state index in [0.29, 0.717) is 17.9 Å². The summed E-state index contributed by atoms with van der Waals surface area (Å²) in [5, 5.41) is 2.57. The molecule has 1 aromatic rings. The number of rotatable bonds is 3. The Kier molecular flexibility index (Phi) is 3.89. The molecule has 2 nitrogen and oxygen atoms in total. The molecule has 2 bridgehead atoms. The zero-order valence-corrected chi connectivity index (χ0v) is 13.6. The maximum Gasteiger partial charge on any atom is 0.419 e. The molecule has 134 valence electrons. The average Bonchev–Trinajstić information content (AvgIpc) is 3.21. The van der Waals surface area contributed by atoms with Crippen LogP contribution in [0, 0.1) is 29.5 Å². The first-order chi connectivity index (χ1) is 11.8. The van der Waals surface area contributed by atoms with Crippen molar-refractivity contribution in [3.63, 3.8) is 0 Å². The predicted molar refractivity (Wildman–Crippen MR) is 85.2 cm³/mol. The number of anilines is 1. The van der Waals surface area contributed by atoms with Gasteiger partial charge in [-0.3, -0.25) is 4.79 Å². The van der Waals surface area contributed by atoms with Crippen molar-refractivity contribution in [2.75, 3.05) is 5.32 Å². The monoisotopic (exact) mass is 353 g/mol. The molecule has 4 rings (SSSR count). The molecule has 3 fully saturated rings. The highest BCUT2D eigenvalue weighted by Crippen LogP contribution is 2.54. The van der Waals surface area contributed by atoms with Crippen LogP contribution in [0.2, 0.25) is 0 Å². The molecule has 3 saturated carbocycles. The van der Waals surface area contributed by atoms with Crippen LogP contribution in [-0.4, -0.2) is 5.91 Å². The lowest BCUT2D eigenvalue weighted by Gasteiger charge is -2.20. The SMILES string of the molecule is O=C(Nc1ccc(F)c(C(F)(F)F)c1)C1CC2CCC1C2=CC1CC1. The Balaban J connectivity index is 1.50. The molecule has 1 aromatic carbocycles. The van der Waals surface area contributed by atoms with E-state index in [0.717, 1.165) is 25.3 Å². The Bertz CT molecular complexity index is 735. The average molecular weight is 353 g/mol. The number of carbonyl (C=O) groups is 1. The van der Waals surface area contributed by atoms with Crippen LogP contribution in [0.4, 0.5) is 23.2 Å². The van der Waals surface area contributed by atoms with Crippen molar-refractivity contribution in [2.45, 2.75) is 38.3 Å². The Hall–Kier alpha value is -1.85. The third-order valence-corrected chi connectivity index (χ3v) is 5.68. The third-order valence-electron chi connectivity index (χ3n) is 5.68. The predicted octanol–water partition coefficient (Wildman–Crippen LogP) is 5.17. The Morgan fingerprint density at radius 2 is 1.92 bits per heavy atom. The quantitative estimate of drug-likeness (QED) is 0.590. The van der Waals surface area contributed by atoms with Gasteiger partial charge in [-0.25, -0.2) is 4.39 Å². The fraction of sp³-hybridized carbons (Fsp3) is 0.526. The summed E-state index contributed by atoms with van der Waals surface area (Å²) in [7, 11) is 0. The number of nitrogens with one attached hydrogen (secondary N) is 1. The lowest BCUT2D eigenvalue weighted by molar-refractivity contribution is -0.140. The van der Waals surface area contributed by atoms with Crippen LogP contribution >= 0.6 is 0 Å². The number of hydrogen-bond donors (Lipinski definition) is 1. The van der Waals surface area contributed by atoms with Gasteiger partial charge in [0.15, 0.2) is 0 Å². The molecule has 0 saturated heterocycles. The molecule has 6 heteroatoms. The first-order valence-corrected chi connectivity index (χ1v) is 8.72. The van der Waals surface area contributed by atoms with Crippen LogP contribution < -0.4 is 5.32 Å². The van der Waals surface area contributed by atoms with Crippen LogP contribution in [-0.2, 0) is 11.0 Å². The van der Waals surface area contributed by atoms with Gasteiger partial charge in [0.25, 0.3) is 0 Å². The van der Waals surface area contributed by atoms with Crippen LogP contribution in [0.15, 0.2) is 29.8 Å². The second-order valence-corrected chi connectivity index (χ2v) is 7.41. The lowest BCUT2D eigenvalue weighted by atomic mass is 9.88. The van der Waals surface area contributed by atoms with E-state index in [1.165, 1.54) is 24.5 Å². The smallest absolute Gasteiger partial charge is 0.326 e. The van der Waals surface area contributed by atoms with Crippen molar-refractivity contribution >= 4 is 11.6 Å². The lowest BCUT2D eigenvalue weighted by Crippen LogP contribution is -2.27. The van der Waals surface area contributed by atoms with Crippen LogP contribution in [0.1, 0.15) is 37.7 Å². The van der Waals surface area contributed by atoms with Gasteiger partial charge in [-0.15, -0.1) is 0 Å².